The molecule has 1 aromatic carbocycles. The fourth-order valence-corrected chi connectivity index (χ4v) is 3.12. The molecule has 0 saturated heterocycles. The maximum Gasteiger partial charge on any atom is 0.123 e. The van der Waals surface area contributed by atoms with Gasteiger partial charge in [-0.05, 0) is 48.7 Å². The van der Waals surface area contributed by atoms with Crippen LogP contribution in [-0.2, 0) is 17.8 Å². The summed E-state index contributed by atoms with van der Waals surface area (Å²) in [6.07, 6.45) is 4.22. The summed E-state index contributed by atoms with van der Waals surface area (Å²) in [4.78, 5) is 2.26. The van der Waals surface area contributed by atoms with Crippen molar-refractivity contribution in [2.75, 3.05) is 26.3 Å². The van der Waals surface area contributed by atoms with Crippen LogP contribution in [0.15, 0.2) is 55.3 Å². The molecule has 0 fully saturated rings. The molecule has 0 saturated carbocycles. The Morgan fingerprint density at radius 1 is 1.29 bits per heavy atom. The van der Waals surface area contributed by atoms with Crippen molar-refractivity contribution in [2.45, 2.75) is 39.5 Å². The predicted molar refractivity (Wildman–Crippen MR) is 112 cm³/mol. The zero-order valence-electron chi connectivity index (χ0n) is 17.1. The Bertz CT molecular complexity index is 714. The molecule has 1 atom stereocenters. The fraction of sp³-hybridized carbons (Fsp3) is 0.478. The van der Waals surface area contributed by atoms with Gasteiger partial charge < -0.3 is 14.4 Å². The number of rotatable bonds is 13. The summed E-state index contributed by atoms with van der Waals surface area (Å²) in [5.41, 5.74) is 2.08. The molecule has 0 aliphatic rings. The van der Waals surface area contributed by atoms with Gasteiger partial charge in [0.2, 0.25) is 0 Å². The van der Waals surface area contributed by atoms with Gasteiger partial charge in [-0.1, -0.05) is 32.1 Å². The number of hydrogen-bond acceptors (Lipinski definition) is 3. The first kappa shape index (κ1) is 22.3. The zero-order valence-corrected chi connectivity index (χ0v) is 17.1. The topological polar surface area (TPSA) is 37.6 Å². The van der Waals surface area contributed by atoms with E-state index < -0.39 is 6.10 Å². The van der Waals surface area contributed by atoms with Crippen molar-refractivity contribution in [3.8, 4) is 0 Å². The van der Waals surface area contributed by atoms with E-state index in [1.807, 2.05) is 18.3 Å². The highest BCUT2D eigenvalue weighted by Crippen LogP contribution is 2.13. The summed E-state index contributed by atoms with van der Waals surface area (Å²) >= 11 is 0. The van der Waals surface area contributed by atoms with Gasteiger partial charge in [0.05, 0.1) is 19.3 Å². The van der Waals surface area contributed by atoms with Gasteiger partial charge >= 0.3 is 0 Å². The van der Waals surface area contributed by atoms with Crippen LogP contribution in [-0.4, -0.2) is 47.0 Å². The molecule has 5 heteroatoms. The maximum absolute atomic E-state index is 13.5. The lowest BCUT2D eigenvalue weighted by molar-refractivity contribution is 0.0233. The largest absolute Gasteiger partial charge is 0.389 e. The standard InChI is InChI=1S/C23H33FN2O2/c1-4-13-28-18-23(27)17-25(12-10-19(2)3)16-22-9-6-11-26(22)15-20-7-5-8-21(24)14-20/h4-9,11,14,19,23,27H,1,10,12-13,15-18H2,2-3H3. The number of aliphatic hydroxyl groups is 1. The van der Waals surface area contributed by atoms with Crippen LogP contribution in [0, 0.1) is 11.7 Å². The van der Waals surface area contributed by atoms with E-state index in [9.17, 15) is 9.50 Å². The molecule has 1 heterocycles. The van der Waals surface area contributed by atoms with E-state index >= 15 is 0 Å². The molecule has 1 N–H and O–H groups in total. The highest BCUT2D eigenvalue weighted by atomic mass is 19.1. The first-order valence-electron chi connectivity index (χ1n) is 9.95. The lowest BCUT2D eigenvalue weighted by atomic mass is 10.1. The van der Waals surface area contributed by atoms with E-state index in [4.69, 9.17) is 4.74 Å². The second kappa shape index (κ2) is 11.8. The van der Waals surface area contributed by atoms with E-state index in [1.165, 1.54) is 6.07 Å². The van der Waals surface area contributed by atoms with E-state index in [-0.39, 0.29) is 5.82 Å². The lowest BCUT2D eigenvalue weighted by Crippen LogP contribution is -2.36. The van der Waals surface area contributed by atoms with Gasteiger partial charge in [0.1, 0.15) is 5.82 Å². The Morgan fingerprint density at radius 3 is 2.82 bits per heavy atom. The number of nitrogens with zero attached hydrogens (tertiary/aromatic N) is 2. The quantitative estimate of drug-likeness (QED) is 0.415. The van der Waals surface area contributed by atoms with Crippen LogP contribution < -0.4 is 0 Å². The molecule has 0 amide bonds. The van der Waals surface area contributed by atoms with E-state index in [1.54, 1.807) is 18.2 Å². The Kier molecular flexibility index (Phi) is 9.41. The monoisotopic (exact) mass is 388 g/mol. The van der Waals surface area contributed by atoms with Gasteiger partial charge in [0.25, 0.3) is 0 Å². The Balaban J connectivity index is 2.02. The molecule has 0 bridgehead atoms. The third kappa shape index (κ3) is 7.97. The first-order valence-corrected chi connectivity index (χ1v) is 9.95. The minimum Gasteiger partial charge on any atom is -0.389 e. The number of hydrogen-bond donors (Lipinski definition) is 1. The lowest BCUT2D eigenvalue weighted by Gasteiger charge is -2.26. The van der Waals surface area contributed by atoms with Crippen LogP contribution in [0.2, 0.25) is 0 Å². The molecule has 154 valence electrons. The molecule has 1 aromatic heterocycles. The number of aromatic nitrogens is 1. The smallest absolute Gasteiger partial charge is 0.123 e. The average molecular weight is 389 g/mol. The fourth-order valence-electron chi connectivity index (χ4n) is 3.12. The zero-order chi connectivity index (χ0) is 20.4. The molecule has 0 radical (unpaired) electrons. The molecule has 0 spiro atoms. The highest BCUT2D eigenvalue weighted by Gasteiger charge is 2.15. The van der Waals surface area contributed by atoms with E-state index in [0.717, 1.165) is 30.8 Å². The Morgan fingerprint density at radius 2 is 2.11 bits per heavy atom. The van der Waals surface area contributed by atoms with Crippen LogP contribution in [0.4, 0.5) is 4.39 Å². The number of halogens is 1. The van der Waals surface area contributed by atoms with E-state index in [0.29, 0.717) is 32.2 Å². The summed E-state index contributed by atoms with van der Waals surface area (Å²) in [6.45, 7) is 11.6. The van der Waals surface area contributed by atoms with Crippen LogP contribution in [0.5, 0.6) is 0 Å². The minimum absolute atomic E-state index is 0.215. The molecule has 1 unspecified atom stereocenters. The van der Waals surface area contributed by atoms with Crippen molar-refractivity contribution in [2.24, 2.45) is 5.92 Å². The van der Waals surface area contributed by atoms with Crippen molar-refractivity contribution in [1.82, 2.24) is 9.47 Å². The number of aliphatic hydroxyl groups excluding tert-OH is 1. The molecular weight excluding hydrogens is 355 g/mol. The molecular formula is C23H33FN2O2. The number of benzene rings is 1. The molecule has 0 aliphatic carbocycles. The second-order valence-corrected chi connectivity index (χ2v) is 7.65. The van der Waals surface area contributed by atoms with Gasteiger partial charge in [-0.25, -0.2) is 4.39 Å². The van der Waals surface area contributed by atoms with Crippen molar-refractivity contribution in [1.29, 1.82) is 0 Å². The number of ether oxygens (including phenoxy) is 1. The summed E-state index contributed by atoms with van der Waals surface area (Å²) in [5.74, 6) is 0.378. The summed E-state index contributed by atoms with van der Waals surface area (Å²) in [5, 5.41) is 10.3. The molecule has 4 nitrogen and oxygen atoms in total. The maximum atomic E-state index is 13.5. The third-order valence-electron chi connectivity index (χ3n) is 4.59. The molecule has 0 aliphatic heterocycles. The van der Waals surface area contributed by atoms with Gasteiger partial charge in [-0.15, -0.1) is 6.58 Å². The van der Waals surface area contributed by atoms with Gasteiger partial charge in [0, 0.05) is 31.5 Å². The van der Waals surface area contributed by atoms with Crippen molar-refractivity contribution in [3.63, 3.8) is 0 Å². The van der Waals surface area contributed by atoms with Crippen molar-refractivity contribution >= 4 is 0 Å². The van der Waals surface area contributed by atoms with Crippen LogP contribution >= 0.6 is 0 Å². The second-order valence-electron chi connectivity index (χ2n) is 7.65. The highest BCUT2D eigenvalue weighted by molar-refractivity contribution is 5.18. The molecule has 2 aromatic rings. The third-order valence-corrected chi connectivity index (χ3v) is 4.59. The SMILES string of the molecule is C=CCOCC(O)CN(CCC(C)C)Cc1cccn1Cc1cccc(F)c1. The minimum atomic E-state index is -0.543. The first-order chi connectivity index (χ1) is 13.5. The Hall–Kier alpha value is -1.95. The molecule has 2 rings (SSSR count). The predicted octanol–water partition coefficient (Wildman–Crippen LogP) is 4.09. The van der Waals surface area contributed by atoms with Crippen LogP contribution in [0.1, 0.15) is 31.5 Å². The van der Waals surface area contributed by atoms with Gasteiger partial charge in [-0.2, -0.15) is 0 Å². The summed E-state index contributed by atoms with van der Waals surface area (Å²) < 4.78 is 21.0. The van der Waals surface area contributed by atoms with Gasteiger partial charge in [0.15, 0.2) is 0 Å². The van der Waals surface area contributed by atoms with Crippen molar-refractivity contribution < 1.29 is 14.2 Å². The summed E-state index contributed by atoms with van der Waals surface area (Å²) in [7, 11) is 0. The van der Waals surface area contributed by atoms with E-state index in [2.05, 4.69) is 36.0 Å². The van der Waals surface area contributed by atoms with Gasteiger partial charge in [-0.3, -0.25) is 4.90 Å². The molecule has 28 heavy (non-hydrogen) atoms. The normalized spacial score (nSPS) is 12.6. The Labute approximate surface area is 168 Å². The van der Waals surface area contributed by atoms with Crippen LogP contribution in [0.3, 0.4) is 0 Å². The van der Waals surface area contributed by atoms with Crippen LogP contribution in [0.25, 0.3) is 0 Å². The average Bonchev–Trinajstić information content (AvgIpc) is 3.06. The van der Waals surface area contributed by atoms with Crippen molar-refractivity contribution in [3.05, 3.63) is 72.3 Å². The summed E-state index contributed by atoms with van der Waals surface area (Å²) in [6, 6.07) is 10.8.